The normalized spacial score (nSPS) is 21.6. The second-order valence-electron chi connectivity index (χ2n) is 3.67. The molecule has 0 saturated heterocycles. The number of rotatable bonds is 2. The zero-order chi connectivity index (χ0) is 11.9. The first-order valence-corrected chi connectivity index (χ1v) is 6.04. The average molecular weight is 299 g/mol. The molecule has 1 amide bonds. The van der Waals surface area contributed by atoms with Crippen LogP contribution in [0.4, 0.5) is 5.69 Å². The molecule has 1 aliphatic carbocycles. The third-order valence-corrected chi connectivity index (χ3v) is 3.54. The third kappa shape index (κ3) is 2.75. The molecule has 1 saturated carbocycles. The highest BCUT2D eigenvalue weighted by molar-refractivity contribution is 6.52. The molecule has 0 aliphatic heterocycles. The summed E-state index contributed by atoms with van der Waals surface area (Å²) in [6.45, 7) is 0. The van der Waals surface area contributed by atoms with E-state index in [0.29, 0.717) is 22.2 Å². The molecule has 86 valence electrons. The topological polar surface area (TPSA) is 29.1 Å². The Labute approximate surface area is 113 Å². The van der Waals surface area contributed by atoms with Crippen LogP contribution < -0.4 is 5.32 Å². The van der Waals surface area contributed by atoms with Crippen LogP contribution in [0.1, 0.15) is 6.42 Å². The number of carbonyl (C=O) groups is 1. The lowest BCUT2D eigenvalue weighted by atomic mass is 10.3. The molecular weight excluding hydrogens is 292 g/mol. The maximum Gasteiger partial charge on any atom is 0.230 e. The van der Waals surface area contributed by atoms with Crippen molar-refractivity contribution in [2.24, 2.45) is 5.92 Å². The van der Waals surface area contributed by atoms with E-state index in [0.717, 1.165) is 0 Å². The van der Waals surface area contributed by atoms with Crippen LogP contribution in [-0.4, -0.2) is 10.2 Å². The van der Waals surface area contributed by atoms with E-state index in [1.807, 2.05) is 0 Å². The fourth-order valence-electron chi connectivity index (χ4n) is 1.35. The summed E-state index contributed by atoms with van der Waals surface area (Å²) in [4.78, 5) is 11.6. The van der Waals surface area contributed by atoms with Crippen LogP contribution in [0.2, 0.25) is 10.0 Å². The summed E-state index contributed by atoms with van der Waals surface area (Å²) < 4.78 is -0.924. The van der Waals surface area contributed by atoms with Crippen LogP contribution in [0.15, 0.2) is 18.2 Å². The summed E-state index contributed by atoms with van der Waals surface area (Å²) in [5, 5.41) is 3.58. The molecule has 1 aromatic carbocycles. The lowest BCUT2D eigenvalue weighted by Crippen LogP contribution is -2.16. The monoisotopic (exact) mass is 297 g/mol. The fraction of sp³-hybridized carbons (Fsp3) is 0.300. The van der Waals surface area contributed by atoms with Crippen LogP contribution in [0.3, 0.4) is 0 Å². The van der Waals surface area contributed by atoms with Gasteiger partial charge in [0.1, 0.15) is 4.33 Å². The molecule has 1 aromatic rings. The number of amides is 1. The molecule has 0 heterocycles. The highest BCUT2D eigenvalue weighted by atomic mass is 35.5. The van der Waals surface area contributed by atoms with Gasteiger partial charge in [-0.05, 0) is 24.6 Å². The summed E-state index contributed by atoms with van der Waals surface area (Å²) in [6, 6.07) is 4.80. The van der Waals surface area contributed by atoms with Crippen LogP contribution in [0, 0.1) is 5.92 Å². The number of hydrogen-bond acceptors (Lipinski definition) is 1. The lowest BCUT2D eigenvalue weighted by molar-refractivity contribution is -0.117. The summed E-state index contributed by atoms with van der Waals surface area (Å²) in [6.07, 6.45) is 0.468. The Morgan fingerprint density at radius 2 is 1.75 bits per heavy atom. The number of alkyl halides is 2. The van der Waals surface area contributed by atoms with E-state index >= 15 is 0 Å². The first-order valence-electron chi connectivity index (χ1n) is 4.53. The summed E-state index contributed by atoms with van der Waals surface area (Å²) in [5.74, 6) is -0.586. The van der Waals surface area contributed by atoms with Gasteiger partial charge in [-0.2, -0.15) is 0 Å². The van der Waals surface area contributed by atoms with Crippen molar-refractivity contribution in [3.63, 3.8) is 0 Å². The average Bonchev–Trinajstić information content (AvgIpc) is 2.73. The van der Waals surface area contributed by atoms with E-state index < -0.39 is 4.33 Å². The second-order valence-corrected chi connectivity index (χ2v) is 6.08. The Balaban J connectivity index is 2.07. The minimum absolute atomic E-state index is 0.219. The molecule has 2 rings (SSSR count). The van der Waals surface area contributed by atoms with Crippen molar-refractivity contribution in [3.05, 3.63) is 28.2 Å². The van der Waals surface area contributed by atoms with Crippen molar-refractivity contribution in [2.75, 3.05) is 5.32 Å². The molecule has 2 nitrogen and oxygen atoms in total. The van der Waals surface area contributed by atoms with Crippen LogP contribution >= 0.6 is 46.4 Å². The Bertz CT molecular complexity index is 426. The maximum absolute atomic E-state index is 11.6. The van der Waals surface area contributed by atoms with E-state index in [1.54, 1.807) is 18.2 Å². The summed E-state index contributed by atoms with van der Waals surface area (Å²) in [7, 11) is 0. The van der Waals surface area contributed by atoms with E-state index in [4.69, 9.17) is 46.4 Å². The highest BCUT2D eigenvalue weighted by Crippen LogP contribution is 2.53. The molecule has 0 bridgehead atoms. The molecule has 0 spiro atoms. The number of halogens is 4. The number of anilines is 1. The van der Waals surface area contributed by atoms with Crippen molar-refractivity contribution in [1.82, 2.24) is 0 Å². The Morgan fingerprint density at radius 3 is 2.19 bits per heavy atom. The number of carbonyl (C=O) groups excluding carboxylic acids is 1. The van der Waals surface area contributed by atoms with Gasteiger partial charge in [0.2, 0.25) is 5.91 Å². The van der Waals surface area contributed by atoms with Crippen molar-refractivity contribution in [1.29, 1.82) is 0 Å². The lowest BCUT2D eigenvalue weighted by Gasteiger charge is -2.06. The molecule has 1 unspecified atom stereocenters. The highest BCUT2D eigenvalue weighted by Gasteiger charge is 2.56. The maximum atomic E-state index is 11.6. The van der Waals surface area contributed by atoms with Gasteiger partial charge in [-0.1, -0.05) is 23.2 Å². The van der Waals surface area contributed by atoms with Gasteiger partial charge in [-0.3, -0.25) is 4.79 Å². The summed E-state index contributed by atoms with van der Waals surface area (Å²) in [5.41, 5.74) is 0.540. The molecule has 1 fully saturated rings. The van der Waals surface area contributed by atoms with Crippen molar-refractivity contribution in [3.8, 4) is 0 Å². The first-order chi connectivity index (χ1) is 7.38. The number of benzene rings is 1. The largest absolute Gasteiger partial charge is 0.326 e. The predicted molar refractivity (Wildman–Crippen MR) is 67.6 cm³/mol. The van der Waals surface area contributed by atoms with Crippen LogP contribution in [-0.2, 0) is 4.79 Å². The Kier molecular flexibility index (Phi) is 3.28. The quantitative estimate of drug-likeness (QED) is 0.817. The van der Waals surface area contributed by atoms with Gasteiger partial charge in [0.25, 0.3) is 0 Å². The van der Waals surface area contributed by atoms with Gasteiger partial charge in [0.05, 0.1) is 5.92 Å². The predicted octanol–water partition coefficient (Wildman–Crippen LogP) is 4.13. The van der Waals surface area contributed by atoms with E-state index in [-0.39, 0.29) is 11.8 Å². The van der Waals surface area contributed by atoms with E-state index in [1.165, 1.54) is 0 Å². The zero-order valence-corrected chi connectivity index (χ0v) is 11.0. The standard InChI is InChI=1S/C10H7Cl4NO/c11-5-1-6(12)3-7(2-5)15-9(16)8-4-10(8,13)14/h1-3,8H,4H2,(H,15,16). The molecule has 1 aliphatic rings. The van der Waals surface area contributed by atoms with Crippen LogP contribution in [0.25, 0.3) is 0 Å². The zero-order valence-electron chi connectivity index (χ0n) is 7.94. The molecule has 1 atom stereocenters. The Hall–Kier alpha value is -0.150. The SMILES string of the molecule is O=C(Nc1cc(Cl)cc(Cl)c1)C1CC1(Cl)Cl. The Morgan fingerprint density at radius 1 is 1.25 bits per heavy atom. The number of nitrogens with one attached hydrogen (secondary N) is 1. The number of hydrogen-bond donors (Lipinski definition) is 1. The smallest absolute Gasteiger partial charge is 0.230 e. The van der Waals surface area contributed by atoms with Gasteiger partial charge in [0, 0.05) is 15.7 Å². The minimum atomic E-state index is -0.924. The van der Waals surface area contributed by atoms with E-state index in [2.05, 4.69) is 5.32 Å². The third-order valence-electron chi connectivity index (χ3n) is 2.27. The molecule has 0 radical (unpaired) electrons. The molecule has 6 heteroatoms. The van der Waals surface area contributed by atoms with Crippen molar-refractivity contribution < 1.29 is 4.79 Å². The van der Waals surface area contributed by atoms with Gasteiger partial charge >= 0.3 is 0 Å². The first kappa shape index (κ1) is 12.3. The van der Waals surface area contributed by atoms with Crippen molar-refractivity contribution in [2.45, 2.75) is 10.8 Å². The molecule has 1 N–H and O–H groups in total. The van der Waals surface area contributed by atoms with Gasteiger partial charge < -0.3 is 5.32 Å². The van der Waals surface area contributed by atoms with Crippen molar-refractivity contribution >= 4 is 58.0 Å². The van der Waals surface area contributed by atoms with E-state index in [9.17, 15) is 4.79 Å². The minimum Gasteiger partial charge on any atom is -0.326 e. The van der Waals surface area contributed by atoms with Gasteiger partial charge in [-0.15, -0.1) is 23.2 Å². The molecule has 16 heavy (non-hydrogen) atoms. The summed E-state index contributed by atoms with van der Waals surface area (Å²) >= 11 is 23.2. The van der Waals surface area contributed by atoms with Crippen LogP contribution in [0.5, 0.6) is 0 Å². The van der Waals surface area contributed by atoms with Gasteiger partial charge in [0.15, 0.2) is 0 Å². The second kappa shape index (κ2) is 4.26. The fourth-order valence-corrected chi connectivity index (χ4v) is 2.39. The molecular formula is C10H7Cl4NO. The van der Waals surface area contributed by atoms with Gasteiger partial charge in [-0.25, -0.2) is 0 Å². The molecule has 0 aromatic heterocycles.